The summed E-state index contributed by atoms with van der Waals surface area (Å²) >= 11 is 0. The van der Waals surface area contributed by atoms with Gasteiger partial charge in [0.1, 0.15) is 0 Å². The van der Waals surface area contributed by atoms with Crippen LogP contribution in [-0.2, 0) is 24.2 Å². The summed E-state index contributed by atoms with van der Waals surface area (Å²) in [5.41, 5.74) is 1.62. The predicted molar refractivity (Wildman–Crippen MR) is 86.9 cm³/mol. The van der Waals surface area contributed by atoms with Gasteiger partial charge in [-0.15, -0.1) is 0 Å². The van der Waals surface area contributed by atoms with E-state index in [1.807, 2.05) is 19.1 Å². The molecule has 0 fully saturated rings. The highest BCUT2D eigenvalue weighted by molar-refractivity contribution is 5.30. The van der Waals surface area contributed by atoms with Crippen LogP contribution in [-0.4, -0.2) is 12.7 Å². The van der Waals surface area contributed by atoms with Gasteiger partial charge in [0.25, 0.3) is 0 Å². The lowest BCUT2D eigenvalue weighted by atomic mass is 10.1. The minimum atomic E-state index is -3.53. The Labute approximate surface area is 148 Å². The molecule has 7 heteroatoms. The minimum absolute atomic E-state index is 0.0904. The third-order valence-corrected chi connectivity index (χ3v) is 3.63. The first-order valence-electron chi connectivity index (χ1n) is 8.12. The second-order valence-electron chi connectivity index (χ2n) is 5.81. The first-order chi connectivity index (χ1) is 12.3. The maximum atomic E-state index is 13.9. The number of rotatable bonds is 9. The smallest absolute Gasteiger partial charge is 0.387 e. The number of alkyl halides is 4. The number of hydrogen-bond donors (Lipinski definition) is 0. The minimum Gasteiger partial charge on any atom is -0.432 e. The molecule has 2 aromatic carbocycles. The third kappa shape index (κ3) is 6.29. The summed E-state index contributed by atoms with van der Waals surface area (Å²) in [7, 11) is 0. The van der Waals surface area contributed by atoms with Crippen molar-refractivity contribution in [2.75, 3.05) is 0 Å². The van der Waals surface area contributed by atoms with Crippen molar-refractivity contribution in [1.29, 1.82) is 0 Å². The van der Waals surface area contributed by atoms with Gasteiger partial charge in [-0.1, -0.05) is 43.7 Å². The summed E-state index contributed by atoms with van der Waals surface area (Å²) in [6.07, 6.45) is -2.51. The molecule has 0 radical (unpaired) electrons. The molecule has 0 bridgehead atoms. The van der Waals surface area contributed by atoms with Crippen LogP contribution in [0, 0.1) is 5.82 Å². The van der Waals surface area contributed by atoms with Crippen molar-refractivity contribution in [3.63, 3.8) is 0 Å². The van der Waals surface area contributed by atoms with Crippen molar-refractivity contribution in [1.82, 2.24) is 0 Å². The fraction of sp³-hybridized carbons (Fsp3) is 0.368. The SMILES string of the molecule is CCCc1ccc(COC(F)(F)Cc2ccc(OC(F)F)c(F)c2)cc1. The Morgan fingerprint density at radius 2 is 1.58 bits per heavy atom. The molecule has 0 saturated carbocycles. The Morgan fingerprint density at radius 3 is 2.15 bits per heavy atom. The Kier molecular flexibility index (Phi) is 6.97. The Morgan fingerprint density at radius 1 is 0.962 bits per heavy atom. The van der Waals surface area contributed by atoms with Gasteiger partial charge in [-0.25, -0.2) is 4.39 Å². The van der Waals surface area contributed by atoms with Gasteiger partial charge in [0.2, 0.25) is 0 Å². The highest BCUT2D eigenvalue weighted by Gasteiger charge is 2.31. The van der Waals surface area contributed by atoms with E-state index in [1.165, 1.54) is 0 Å². The van der Waals surface area contributed by atoms with E-state index < -0.39 is 30.7 Å². The average molecular weight is 374 g/mol. The molecule has 0 spiro atoms. The molecule has 2 rings (SSSR count). The van der Waals surface area contributed by atoms with Crippen molar-refractivity contribution in [2.45, 2.75) is 45.5 Å². The van der Waals surface area contributed by atoms with Gasteiger partial charge in [-0.2, -0.15) is 17.6 Å². The van der Waals surface area contributed by atoms with Crippen LogP contribution in [0.3, 0.4) is 0 Å². The van der Waals surface area contributed by atoms with Gasteiger partial charge in [0.05, 0.1) is 13.0 Å². The molecule has 0 saturated heterocycles. The van der Waals surface area contributed by atoms with E-state index in [1.54, 1.807) is 12.1 Å². The maximum Gasteiger partial charge on any atom is 0.387 e. The zero-order valence-electron chi connectivity index (χ0n) is 14.2. The average Bonchev–Trinajstić information content (AvgIpc) is 2.56. The quantitative estimate of drug-likeness (QED) is 0.522. The lowest BCUT2D eigenvalue weighted by Gasteiger charge is -2.17. The van der Waals surface area contributed by atoms with Gasteiger partial charge < -0.3 is 9.47 Å². The summed E-state index contributed by atoms with van der Waals surface area (Å²) in [5, 5.41) is 0. The summed E-state index contributed by atoms with van der Waals surface area (Å²) in [4.78, 5) is 0. The maximum absolute atomic E-state index is 13.9. The van der Waals surface area contributed by atoms with Crippen molar-refractivity contribution >= 4 is 0 Å². The highest BCUT2D eigenvalue weighted by atomic mass is 19.3. The van der Waals surface area contributed by atoms with Crippen molar-refractivity contribution < 1.29 is 31.4 Å². The lowest BCUT2D eigenvalue weighted by Crippen LogP contribution is -2.24. The molecule has 0 unspecified atom stereocenters. The zero-order chi connectivity index (χ0) is 19.2. The van der Waals surface area contributed by atoms with Crippen LogP contribution in [0.5, 0.6) is 5.75 Å². The molecule has 0 amide bonds. The van der Waals surface area contributed by atoms with Gasteiger partial charge in [0.15, 0.2) is 11.6 Å². The second kappa shape index (κ2) is 8.98. The normalized spacial score (nSPS) is 11.8. The molecule has 0 aliphatic heterocycles. The van der Waals surface area contributed by atoms with Gasteiger partial charge in [-0.3, -0.25) is 0 Å². The van der Waals surface area contributed by atoms with Crippen molar-refractivity contribution in [3.8, 4) is 5.75 Å². The van der Waals surface area contributed by atoms with E-state index in [0.29, 0.717) is 5.56 Å². The Hall–Kier alpha value is -2.15. The number of halogens is 5. The monoisotopic (exact) mass is 374 g/mol. The van der Waals surface area contributed by atoms with Crippen LogP contribution < -0.4 is 4.74 Å². The summed E-state index contributed by atoms with van der Waals surface area (Å²) in [6.45, 7) is -1.44. The van der Waals surface area contributed by atoms with E-state index in [-0.39, 0.29) is 12.2 Å². The number of aryl methyl sites for hydroxylation is 1. The second-order valence-corrected chi connectivity index (χ2v) is 5.81. The molecule has 0 aromatic heterocycles. The molecule has 0 N–H and O–H groups in total. The van der Waals surface area contributed by atoms with Crippen LogP contribution in [0.2, 0.25) is 0 Å². The molecular formula is C19H19F5O2. The molecule has 0 aliphatic rings. The fourth-order valence-electron chi connectivity index (χ4n) is 2.41. The van der Waals surface area contributed by atoms with Crippen LogP contribution in [0.4, 0.5) is 22.0 Å². The van der Waals surface area contributed by atoms with Gasteiger partial charge in [0, 0.05) is 0 Å². The topological polar surface area (TPSA) is 18.5 Å². The van der Waals surface area contributed by atoms with E-state index in [0.717, 1.165) is 36.6 Å². The number of benzene rings is 2. The van der Waals surface area contributed by atoms with E-state index in [9.17, 15) is 22.0 Å². The fourth-order valence-corrected chi connectivity index (χ4v) is 2.41. The predicted octanol–water partition coefficient (Wildman–Crippen LogP) is 5.73. The summed E-state index contributed by atoms with van der Waals surface area (Å²) < 4.78 is 74.2. The highest BCUT2D eigenvalue weighted by Crippen LogP contribution is 2.27. The third-order valence-electron chi connectivity index (χ3n) is 3.63. The molecule has 0 heterocycles. The van der Waals surface area contributed by atoms with Crippen LogP contribution in [0.15, 0.2) is 42.5 Å². The van der Waals surface area contributed by atoms with Gasteiger partial charge >= 0.3 is 12.7 Å². The molecule has 142 valence electrons. The standard InChI is InChI=1S/C19H19F5O2/c1-2-3-13-4-6-14(7-5-13)12-25-19(23,24)11-15-8-9-17(16(20)10-15)26-18(21)22/h4-10,18H,2-3,11-12H2,1H3. The Balaban J connectivity index is 1.94. The summed E-state index contributed by atoms with van der Waals surface area (Å²) in [5.74, 6) is -1.83. The summed E-state index contributed by atoms with van der Waals surface area (Å²) in [6, 6.07) is 9.87. The molecule has 0 atom stereocenters. The first kappa shape index (κ1) is 20.2. The molecule has 0 aliphatic carbocycles. The largest absolute Gasteiger partial charge is 0.432 e. The first-order valence-corrected chi connectivity index (χ1v) is 8.12. The van der Waals surface area contributed by atoms with Crippen molar-refractivity contribution in [2.24, 2.45) is 0 Å². The molecule has 2 aromatic rings. The van der Waals surface area contributed by atoms with Crippen LogP contribution in [0.25, 0.3) is 0 Å². The molecule has 26 heavy (non-hydrogen) atoms. The van der Waals surface area contributed by atoms with Crippen LogP contribution >= 0.6 is 0 Å². The number of hydrogen-bond acceptors (Lipinski definition) is 2. The lowest BCUT2D eigenvalue weighted by molar-refractivity contribution is -0.244. The van der Waals surface area contributed by atoms with Crippen molar-refractivity contribution in [3.05, 3.63) is 65.0 Å². The van der Waals surface area contributed by atoms with Gasteiger partial charge in [-0.05, 0) is 35.2 Å². The number of ether oxygens (including phenoxy) is 2. The van der Waals surface area contributed by atoms with E-state index >= 15 is 0 Å². The zero-order valence-corrected chi connectivity index (χ0v) is 14.2. The molecule has 2 nitrogen and oxygen atoms in total. The van der Waals surface area contributed by atoms with E-state index in [4.69, 9.17) is 0 Å². The molecular weight excluding hydrogens is 355 g/mol. The van der Waals surface area contributed by atoms with E-state index in [2.05, 4.69) is 9.47 Å². The Bertz CT molecular complexity index is 702. The van der Waals surface area contributed by atoms with Crippen LogP contribution in [0.1, 0.15) is 30.0 Å².